The van der Waals surface area contributed by atoms with Crippen molar-refractivity contribution in [1.82, 2.24) is 4.90 Å². The number of carbonyl (C=O) groups is 2. The Labute approximate surface area is 98.4 Å². The van der Waals surface area contributed by atoms with Crippen molar-refractivity contribution in [2.45, 2.75) is 30.7 Å². The molecule has 6 heteroatoms. The molecule has 0 bridgehead atoms. The Morgan fingerprint density at radius 1 is 1.69 bits per heavy atom. The highest BCUT2D eigenvalue weighted by atomic mass is 32.2. The fourth-order valence-electron chi connectivity index (χ4n) is 2.59. The van der Waals surface area contributed by atoms with Crippen molar-refractivity contribution >= 4 is 23.6 Å². The zero-order valence-corrected chi connectivity index (χ0v) is 9.94. The molecule has 3 N–H and O–H groups in total. The highest BCUT2D eigenvalue weighted by molar-refractivity contribution is 8.00. The van der Waals surface area contributed by atoms with Crippen molar-refractivity contribution in [3.05, 3.63) is 0 Å². The number of hydrogen-bond acceptors (Lipinski definition) is 4. The first kappa shape index (κ1) is 11.7. The normalized spacial score (nSPS) is 37.1. The Morgan fingerprint density at radius 2 is 2.38 bits per heavy atom. The first-order valence-electron chi connectivity index (χ1n) is 5.44. The molecule has 2 aliphatic heterocycles. The van der Waals surface area contributed by atoms with Gasteiger partial charge in [-0.05, 0) is 6.42 Å². The molecule has 2 saturated heterocycles. The molecule has 0 aromatic carbocycles. The summed E-state index contributed by atoms with van der Waals surface area (Å²) in [4.78, 5) is 24.3. The second kappa shape index (κ2) is 4.25. The van der Waals surface area contributed by atoms with Crippen molar-refractivity contribution in [1.29, 1.82) is 0 Å². The lowest BCUT2D eigenvalue weighted by Crippen LogP contribution is -2.61. The predicted molar refractivity (Wildman–Crippen MR) is 61.1 cm³/mol. The number of hydrogen-bond donors (Lipinski definition) is 2. The lowest BCUT2D eigenvalue weighted by atomic mass is 9.90. The molecule has 0 aromatic heterocycles. The first-order chi connectivity index (χ1) is 7.57. The van der Waals surface area contributed by atoms with E-state index in [-0.39, 0.29) is 23.1 Å². The number of nitrogens with zero attached hydrogens (tertiary/aromatic N) is 1. The standard InChI is InChI=1S/C10H16N2O3S/c1-5-6-4-7(16-3-2-11)8(10(14)15)12(6)9(5)13/h5-8H,2-4,11H2,1H3,(H,14,15). The average molecular weight is 244 g/mol. The van der Waals surface area contributed by atoms with Crippen LogP contribution in [0.3, 0.4) is 0 Å². The van der Waals surface area contributed by atoms with Gasteiger partial charge in [0.2, 0.25) is 5.91 Å². The molecule has 0 spiro atoms. The van der Waals surface area contributed by atoms with Crippen LogP contribution in [-0.4, -0.2) is 51.5 Å². The number of carboxylic acids is 1. The monoisotopic (exact) mass is 244 g/mol. The minimum atomic E-state index is -0.891. The molecule has 90 valence electrons. The van der Waals surface area contributed by atoms with E-state index in [0.717, 1.165) is 12.2 Å². The highest BCUT2D eigenvalue weighted by Gasteiger charge is 2.58. The van der Waals surface area contributed by atoms with Gasteiger partial charge in [-0.15, -0.1) is 0 Å². The Morgan fingerprint density at radius 3 is 2.94 bits per heavy atom. The summed E-state index contributed by atoms with van der Waals surface area (Å²) in [6, 6.07) is -0.519. The third kappa shape index (κ3) is 1.60. The summed E-state index contributed by atoms with van der Waals surface area (Å²) in [6.45, 7) is 2.42. The van der Waals surface area contributed by atoms with E-state index in [1.807, 2.05) is 6.92 Å². The minimum Gasteiger partial charge on any atom is -0.480 e. The van der Waals surface area contributed by atoms with Crippen molar-refractivity contribution in [2.75, 3.05) is 12.3 Å². The third-order valence-electron chi connectivity index (χ3n) is 3.41. The summed E-state index contributed by atoms with van der Waals surface area (Å²) < 4.78 is 0. The smallest absolute Gasteiger partial charge is 0.327 e. The molecular formula is C10H16N2O3S. The molecule has 2 rings (SSSR count). The van der Waals surface area contributed by atoms with Crippen molar-refractivity contribution in [3.8, 4) is 0 Å². The summed E-state index contributed by atoms with van der Waals surface area (Å²) in [5.41, 5.74) is 5.42. The zero-order chi connectivity index (χ0) is 11.9. The second-order valence-electron chi connectivity index (χ2n) is 4.32. The molecule has 4 unspecified atom stereocenters. The van der Waals surface area contributed by atoms with E-state index in [1.165, 1.54) is 0 Å². The summed E-state index contributed by atoms with van der Waals surface area (Å²) in [7, 11) is 0. The van der Waals surface area contributed by atoms with Gasteiger partial charge in [-0.1, -0.05) is 6.92 Å². The van der Waals surface area contributed by atoms with E-state index in [2.05, 4.69) is 0 Å². The molecule has 0 radical (unpaired) electrons. The van der Waals surface area contributed by atoms with Crippen LogP contribution in [0.25, 0.3) is 0 Å². The van der Waals surface area contributed by atoms with Crippen molar-refractivity contribution < 1.29 is 14.7 Å². The summed E-state index contributed by atoms with van der Waals surface area (Å²) in [5, 5.41) is 9.17. The average Bonchev–Trinajstić information content (AvgIpc) is 2.61. The van der Waals surface area contributed by atoms with Gasteiger partial charge in [0.1, 0.15) is 6.04 Å². The predicted octanol–water partition coefficient (Wildman–Crippen LogP) is -0.249. The molecular weight excluding hydrogens is 228 g/mol. The maximum atomic E-state index is 11.6. The van der Waals surface area contributed by atoms with E-state index >= 15 is 0 Å². The van der Waals surface area contributed by atoms with Crippen LogP contribution in [-0.2, 0) is 9.59 Å². The Kier molecular flexibility index (Phi) is 3.12. The Hall–Kier alpha value is -0.750. The number of carboxylic acid groups (broad SMARTS) is 1. The van der Waals surface area contributed by atoms with Gasteiger partial charge in [0.15, 0.2) is 0 Å². The quantitative estimate of drug-likeness (QED) is 0.666. The maximum Gasteiger partial charge on any atom is 0.327 e. The van der Waals surface area contributed by atoms with Gasteiger partial charge < -0.3 is 15.7 Å². The van der Waals surface area contributed by atoms with Crippen LogP contribution in [0.4, 0.5) is 0 Å². The van der Waals surface area contributed by atoms with Gasteiger partial charge in [-0.25, -0.2) is 4.79 Å². The summed E-state index contributed by atoms with van der Waals surface area (Å²) in [6.07, 6.45) is 0.786. The molecule has 1 amide bonds. The fraction of sp³-hybridized carbons (Fsp3) is 0.800. The van der Waals surface area contributed by atoms with Gasteiger partial charge in [0.25, 0.3) is 0 Å². The molecule has 2 fully saturated rings. The zero-order valence-electron chi connectivity index (χ0n) is 9.13. The van der Waals surface area contributed by atoms with Crippen LogP contribution in [0.1, 0.15) is 13.3 Å². The van der Waals surface area contributed by atoms with Crippen LogP contribution in [0.5, 0.6) is 0 Å². The van der Waals surface area contributed by atoms with Gasteiger partial charge in [0, 0.05) is 23.6 Å². The third-order valence-corrected chi connectivity index (χ3v) is 4.76. The van der Waals surface area contributed by atoms with E-state index < -0.39 is 12.0 Å². The van der Waals surface area contributed by atoms with Crippen molar-refractivity contribution in [3.63, 3.8) is 0 Å². The molecule has 0 saturated carbocycles. The maximum absolute atomic E-state index is 11.6. The van der Waals surface area contributed by atoms with E-state index in [0.29, 0.717) is 6.54 Å². The highest BCUT2D eigenvalue weighted by Crippen LogP contribution is 2.43. The largest absolute Gasteiger partial charge is 0.480 e. The van der Waals surface area contributed by atoms with Gasteiger partial charge in [0.05, 0.1) is 5.92 Å². The number of rotatable bonds is 4. The number of thioether (sulfide) groups is 1. The molecule has 16 heavy (non-hydrogen) atoms. The lowest BCUT2D eigenvalue weighted by Gasteiger charge is -2.42. The number of aliphatic carboxylic acids is 1. The first-order valence-corrected chi connectivity index (χ1v) is 6.49. The van der Waals surface area contributed by atoms with Crippen LogP contribution in [0, 0.1) is 5.92 Å². The SMILES string of the molecule is CC1C(=O)N2C1CC(SCCN)C2C(=O)O. The number of amides is 1. The Bertz CT molecular complexity index is 323. The van der Waals surface area contributed by atoms with Gasteiger partial charge >= 0.3 is 5.97 Å². The summed E-state index contributed by atoms with van der Waals surface area (Å²) in [5.74, 6) is -0.173. The molecule has 4 atom stereocenters. The van der Waals surface area contributed by atoms with E-state index in [4.69, 9.17) is 5.73 Å². The lowest BCUT2D eigenvalue weighted by molar-refractivity contribution is -0.162. The minimum absolute atomic E-state index is 0.0000463. The van der Waals surface area contributed by atoms with E-state index in [9.17, 15) is 14.7 Å². The molecule has 2 heterocycles. The van der Waals surface area contributed by atoms with Crippen LogP contribution in [0.15, 0.2) is 0 Å². The van der Waals surface area contributed by atoms with Gasteiger partial charge in [-0.2, -0.15) is 11.8 Å². The topological polar surface area (TPSA) is 83.6 Å². The van der Waals surface area contributed by atoms with E-state index in [1.54, 1.807) is 16.7 Å². The number of nitrogens with two attached hydrogens (primary N) is 1. The molecule has 0 aromatic rings. The number of β-lactam (4-membered cyclic amide) rings is 1. The molecule has 2 aliphatic rings. The molecule has 5 nitrogen and oxygen atoms in total. The second-order valence-corrected chi connectivity index (χ2v) is 5.67. The van der Waals surface area contributed by atoms with Gasteiger partial charge in [-0.3, -0.25) is 4.79 Å². The Balaban J connectivity index is 2.10. The van der Waals surface area contributed by atoms with Crippen molar-refractivity contribution in [2.24, 2.45) is 11.7 Å². The van der Waals surface area contributed by atoms with Crippen LogP contribution in [0.2, 0.25) is 0 Å². The fourth-order valence-corrected chi connectivity index (χ4v) is 3.79. The number of fused-ring (bicyclic) bond motifs is 1. The molecule has 0 aliphatic carbocycles. The van der Waals surface area contributed by atoms with Crippen LogP contribution < -0.4 is 5.73 Å². The summed E-state index contributed by atoms with van der Waals surface area (Å²) >= 11 is 1.57. The number of carbonyl (C=O) groups excluding carboxylic acids is 1. The van der Waals surface area contributed by atoms with Crippen LogP contribution >= 0.6 is 11.8 Å².